The lowest BCUT2D eigenvalue weighted by atomic mass is 10.2. The maximum atomic E-state index is 12.9. The predicted octanol–water partition coefficient (Wildman–Crippen LogP) is 4.69. The van der Waals surface area contributed by atoms with Gasteiger partial charge in [-0.15, -0.1) is 22.7 Å². The molecule has 0 saturated carbocycles. The van der Waals surface area contributed by atoms with E-state index in [4.69, 9.17) is 4.98 Å². The number of benzene rings is 2. The van der Waals surface area contributed by atoms with Crippen LogP contribution in [0.4, 0.5) is 0 Å². The van der Waals surface area contributed by atoms with Crippen LogP contribution in [0.5, 0.6) is 0 Å². The molecule has 0 atom stereocenters. The normalized spacial score (nSPS) is 15.0. The van der Waals surface area contributed by atoms with Gasteiger partial charge in [0.05, 0.1) is 16.8 Å². The van der Waals surface area contributed by atoms with E-state index in [-0.39, 0.29) is 5.91 Å². The van der Waals surface area contributed by atoms with Crippen LogP contribution in [0, 0.1) is 6.92 Å². The minimum absolute atomic E-state index is 0.0317. The second-order valence-corrected chi connectivity index (χ2v) is 9.52. The molecule has 30 heavy (non-hydrogen) atoms. The van der Waals surface area contributed by atoms with E-state index in [1.807, 2.05) is 16.3 Å². The van der Waals surface area contributed by atoms with Crippen LogP contribution in [0.15, 0.2) is 53.9 Å². The lowest BCUT2D eigenvalue weighted by molar-refractivity contribution is 0.0623. The summed E-state index contributed by atoms with van der Waals surface area (Å²) in [5, 5.41) is 3.91. The first-order chi connectivity index (χ1) is 14.7. The summed E-state index contributed by atoms with van der Waals surface area (Å²) >= 11 is 3.28. The first kappa shape index (κ1) is 19.4. The Morgan fingerprint density at radius 3 is 2.53 bits per heavy atom. The van der Waals surface area contributed by atoms with Gasteiger partial charge in [0, 0.05) is 37.1 Å². The highest BCUT2D eigenvalue weighted by Gasteiger charge is 2.24. The Hall–Kier alpha value is -2.61. The third-order valence-electron chi connectivity index (χ3n) is 5.38. The highest BCUT2D eigenvalue weighted by molar-refractivity contribution is 7.18. The van der Waals surface area contributed by atoms with Crippen molar-refractivity contribution in [2.75, 3.05) is 26.2 Å². The zero-order valence-corrected chi connectivity index (χ0v) is 18.4. The number of rotatable bonds is 4. The van der Waals surface area contributed by atoms with Crippen molar-refractivity contribution in [3.63, 3.8) is 0 Å². The molecule has 7 heteroatoms. The third kappa shape index (κ3) is 4.01. The minimum atomic E-state index is 0.0317. The summed E-state index contributed by atoms with van der Waals surface area (Å²) in [5.41, 5.74) is 3.90. The van der Waals surface area contributed by atoms with Gasteiger partial charge in [-0.1, -0.05) is 42.0 Å². The van der Waals surface area contributed by atoms with Crippen molar-refractivity contribution in [2.24, 2.45) is 0 Å². The largest absolute Gasteiger partial charge is 0.335 e. The molecule has 1 fully saturated rings. The number of nitrogens with zero attached hydrogens (tertiary/aromatic N) is 4. The fourth-order valence-electron chi connectivity index (χ4n) is 3.65. The Morgan fingerprint density at radius 2 is 1.77 bits per heavy atom. The molecule has 1 aliphatic rings. The highest BCUT2D eigenvalue weighted by Crippen LogP contribution is 2.26. The molecular formula is C23H22N4OS2. The smallest absolute Gasteiger partial charge is 0.273 e. The molecule has 0 aliphatic carbocycles. The molecule has 0 unspecified atom stereocenters. The number of aromatic nitrogens is 2. The van der Waals surface area contributed by atoms with Crippen molar-refractivity contribution in [3.8, 4) is 10.6 Å². The molecule has 0 N–H and O–H groups in total. The number of hydrogen-bond donors (Lipinski definition) is 0. The summed E-state index contributed by atoms with van der Waals surface area (Å²) in [6.07, 6.45) is 0. The quantitative estimate of drug-likeness (QED) is 0.468. The molecule has 2 aromatic carbocycles. The molecule has 0 spiro atoms. The van der Waals surface area contributed by atoms with Gasteiger partial charge < -0.3 is 4.90 Å². The number of carbonyl (C=O) groups is 1. The maximum absolute atomic E-state index is 12.9. The topological polar surface area (TPSA) is 49.3 Å². The van der Waals surface area contributed by atoms with Gasteiger partial charge >= 0.3 is 0 Å². The third-order valence-corrected chi connectivity index (χ3v) is 7.29. The Balaban J connectivity index is 1.20. The van der Waals surface area contributed by atoms with Gasteiger partial charge in [-0.2, -0.15) is 0 Å². The van der Waals surface area contributed by atoms with Crippen LogP contribution in [0.3, 0.4) is 0 Å². The molecule has 152 valence electrons. The van der Waals surface area contributed by atoms with E-state index in [1.54, 1.807) is 11.3 Å². The molecule has 0 bridgehead atoms. The van der Waals surface area contributed by atoms with E-state index < -0.39 is 0 Å². The molecular weight excluding hydrogens is 412 g/mol. The number of fused-ring (bicyclic) bond motifs is 1. The van der Waals surface area contributed by atoms with Crippen LogP contribution >= 0.6 is 22.7 Å². The second kappa shape index (κ2) is 8.26. The van der Waals surface area contributed by atoms with Gasteiger partial charge in [-0.3, -0.25) is 9.69 Å². The number of hydrogen-bond acceptors (Lipinski definition) is 6. The lowest BCUT2D eigenvalue weighted by Gasteiger charge is -2.33. The van der Waals surface area contributed by atoms with Crippen LogP contribution in [0.25, 0.3) is 20.8 Å². The Kier molecular flexibility index (Phi) is 5.33. The summed E-state index contributed by atoms with van der Waals surface area (Å²) in [4.78, 5) is 26.6. The number of thiazole rings is 2. The average Bonchev–Trinajstić information content (AvgIpc) is 3.41. The Morgan fingerprint density at radius 1 is 1.00 bits per heavy atom. The Bertz CT molecular complexity index is 1140. The van der Waals surface area contributed by atoms with Crippen molar-refractivity contribution in [3.05, 3.63) is 70.2 Å². The number of para-hydroxylation sites is 1. The predicted molar refractivity (Wildman–Crippen MR) is 123 cm³/mol. The second-order valence-electron chi connectivity index (χ2n) is 7.55. The summed E-state index contributed by atoms with van der Waals surface area (Å²) < 4.78 is 1.23. The van der Waals surface area contributed by atoms with Gasteiger partial charge in [0.1, 0.15) is 15.7 Å². The first-order valence-corrected chi connectivity index (χ1v) is 11.7. The van der Waals surface area contributed by atoms with Crippen LogP contribution in [0.1, 0.15) is 21.1 Å². The molecule has 5 nitrogen and oxygen atoms in total. The summed E-state index contributed by atoms with van der Waals surface area (Å²) in [6, 6.07) is 16.5. The first-order valence-electron chi connectivity index (χ1n) is 10.0. The van der Waals surface area contributed by atoms with Gasteiger partial charge in [0.2, 0.25) is 0 Å². The van der Waals surface area contributed by atoms with Crippen molar-refractivity contribution >= 4 is 38.8 Å². The standard InChI is InChI=1S/C23H22N4OS2/c1-16-6-8-17(9-7-16)22-25-19(15-29-22)23(28)27-12-10-26(11-13-27)14-21-24-18-4-2-3-5-20(18)30-21/h2-9,15H,10-14H2,1H3. The van der Waals surface area contributed by atoms with E-state index in [1.165, 1.54) is 21.6 Å². The average molecular weight is 435 g/mol. The molecule has 1 amide bonds. The Labute approximate surface area is 183 Å². The van der Waals surface area contributed by atoms with Gasteiger partial charge in [-0.25, -0.2) is 9.97 Å². The molecule has 1 aliphatic heterocycles. The lowest BCUT2D eigenvalue weighted by Crippen LogP contribution is -2.48. The zero-order chi connectivity index (χ0) is 20.5. The molecule has 4 aromatic rings. The number of carbonyl (C=O) groups excluding carboxylic acids is 1. The number of amides is 1. The van der Waals surface area contributed by atoms with E-state index in [0.29, 0.717) is 5.69 Å². The van der Waals surface area contributed by atoms with E-state index >= 15 is 0 Å². The SMILES string of the molecule is Cc1ccc(-c2nc(C(=O)N3CCN(Cc4nc5ccccc5s4)CC3)cs2)cc1. The van der Waals surface area contributed by atoms with Crippen molar-refractivity contribution in [1.29, 1.82) is 0 Å². The zero-order valence-electron chi connectivity index (χ0n) is 16.7. The fraction of sp³-hybridized carbons (Fsp3) is 0.261. The molecule has 3 heterocycles. The van der Waals surface area contributed by atoms with Crippen molar-refractivity contribution in [1.82, 2.24) is 19.8 Å². The molecule has 2 aromatic heterocycles. The van der Waals surface area contributed by atoms with Crippen LogP contribution < -0.4 is 0 Å². The van der Waals surface area contributed by atoms with Crippen LogP contribution in [-0.2, 0) is 6.54 Å². The molecule has 0 radical (unpaired) electrons. The fourth-order valence-corrected chi connectivity index (χ4v) is 5.46. The van der Waals surface area contributed by atoms with Crippen LogP contribution in [-0.4, -0.2) is 51.9 Å². The highest BCUT2D eigenvalue weighted by atomic mass is 32.1. The summed E-state index contributed by atoms with van der Waals surface area (Å²) in [7, 11) is 0. The van der Waals surface area contributed by atoms with Crippen LogP contribution in [0.2, 0.25) is 0 Å². The molecule has 5 rings (SSSR count). The van der Waals surface area contributed by atoms with Crippen molar-refractivity contribution in [2.45, 2.75) is 13.5 Å². The van der Waals surface area contributed by atoms with Gasteiger partial charge in [-0.05, 0) is 19.1 Å². The summed E-state index contributed by atoms with van der Waals surface area (Å²) in [6.45, 7) is 6.07. The monoisotopic (exact) mass is 434 g/mol. The van der Waals surface area contributed by atoms with Gasteiger partial charge in [0.25, 0.3) is 5.91 Å². The van der Waals surface area contributed by atoms with E-state index in [0.717, 1.165) is 53.8 Å². The summed E-state index contributed by atoms with van der Waals surface area (Å²) in [5.74, 6) is 0.0317. The maximum Gasteiger partial charge on any atom is 0.273 e. The van der Waals surface area contributed by atoms with Crippen molar-refractivity contribution < 1.29 is 4.79 Å². The minimum Gasteiger partial charge on any atom is -0.335 e. The molecule has 1 saturated heterocycles. The van der Waals surface area contributed by atoms with E-state index in [9.17, 15) is 4.79 Å². The van der Waals surface area contributed by atoms with E-state index in [2.05, 4.69) is 59.3 Å². The van der Waals surface area contributed by atoms with Gasteiger partial charge in [0.15, 0.2) is 0 Å². The number of aryl methyl sites for hydroxylation is 1. The number of piperazine rings is 1.